The van der Waals surface area contributed by atoms with E-state index in [1.165, 1.54) is 6.33 Å². The number of aliphatic hydroxyl groups excluding tert-OH is 2. The lowest BCUT2D eigenvalue weighted by Gasteiger charge is -2.31. The molecule has 0 aliphatic heterocycles. The monoisotopic (exact) mass is 259 g/mol. The fourth-order valence-electron chi connectivity index (χ4n) is 1.50. The van der Waals surface area contributed by atoms with Gasteiger partial charge in [0.15, 0.2) is 0 Å². The Morgan fingerprint density at radius 2 is 1.94 bits per heavy atom. The Kier molecular flexibility index (Phi) is 5.11. The van der Waals surface area contributed by atoms with Crippen LogP contribution in [-0.4, -0.2) is 38.9 Å². The van der Waals surface area contributed by atoms with Crippen LogP contribution in [0, 0.1) is 0 Å². The van der Waals surface area contributed by atoms with Crippen molar-refractivity contribution in [1.82, 2.24) is 9.97 Å². The lowest BCUT2D eigenvalue weighted by atomic mass is 9.98. The van der Waals surface area contributed by atoms with Gasteiger partial charge in [-0.15, -0.1) is 0 Å². The summed E-state index contributed by atoms with van der Waals surface area (Å²) in [6.45, 7) is 3.48. The molecule has 0 fully saturated rings. The summed E-state index contributed by atoms with van der Waals surface area (Å²) < 4.78 is 0. The van der Waals surface area contributed by atoms with Crippen LogP contribution in [0.2, 0.25) is 5.15 Å². The first-order chi connectivity index (χ1) is 8.12. The van der Waals surface area contributed by atoms with Gasteiger partial charge in [-0.2, -0.15) is 0 Å². The zero-order chi connectivity index (χ0) is 12.9. The second-order valence-corrected chi connectivity index (χ2v) is 4.28. The number of halogens is 1. The highest BCUT2D eigenvalue weighted by Gasteiger charge is 2.28. The lowest BCUT2D eigenvalue weighted by Crippen LogP contribution is -2.45. The maximum Gasteiger partial charge on any atom is 0.137 e. The highest BCUT2D eigenvalue weighted by molar-refractivity contribution is 6.30. The van der Waals surface area contributed by atoms with Crippen molar-refractivity contribution in [2.45, 2.75) is 32.2 Å². The lowest BCUT2D eigenvalue weighted by molar-refractivity contribution is 0.132. The summed E-state index contributed by atoms with van der Waals surface area (Å²) in [6, 6.07) is 0. The van der Waals surface area contributed by atoms with E-state index in [1.54, 1.807) is 0 Å². The molecule has 0 aromatic carbocycles. The highest BCUT2D eigenvalue weighted by Crippen LogP contribution is 2.24. The van der Waals surface area contributed by atoms with E-state index in [-0.39, 0.29) is 13.2 Å². The molecule has 3 N–H and O–H groups in total. The van der Waals surface area contributed by atoms with E-state index in [0.29, 0.717) is 23.8 Å². The molecule has 96 valence electrons. The van der Waals surface area contributed by atoms with E-state index in [4.69, 9.17) is 11.6 Å². The van der Waals surface area contributed by atoms with Crippen molar-refractivity contribution in [1.29, 1.82) is 0 Å². The van der Waals surface area contributed by atoms with Crippen LogP contribution in [0.1, 0.15) is 25.8 Å². The zero-order valence-corrected chi connectivity index (χ0v) is 10.8. The molecule has 0 saturated carbocycles. The van der Waals surface area contributed by atoms with Crippen LogP contribution in [0.15, 0.2) is 6.33 Å². The molecule has 1 heterocycles. The van der Waals surface area contributed by atoms with Crippen molar-refractivity contribution in [3.05, 3.63) is 17.0 Å². The van der Waals surface area contributed by atoms with Gasteiger partial charge >= 0.3 is 0 Å². The predicted octanol–water partition coefficient (Wildman–Crippen LogP) is 1.24. The minimum Gasteiger partial charge on any atom is -0.394 e. The first kappa shape index (κ1) is 14.2. The van der Waals surface area contributed by atoms with E-state index in [1.807, 2.05) is 13.8 Å². The average Bonchev–Trinajstić information content (AvgIpc) is 2.36. The number of aromatic nitrogens is 2. The van der Waals surface area contributed by atoms with Crippen molar-refractivity contribution in [2.24, 2.45) is 0 Å². The molecule has 0 saturated heterocycles. The second-order valence-electron chi connectivity index (χ2n) is 3.92. The summed E-state index contributed by atoms with van der Waals surface area (Å²) in [7, 11) is 0. The third-order valence-corrected chi connectivity index (χ3v) is 3.24. The molecule has 0 amide bonds. The van der Waals surface area contributed by atoms with E-state index in [9.17, 15) is 10.2 Å². The van der Waals surface area contributed by atoms with Crippen molar-refractivity contribution in [3.8, 4) is 0 Å². The summed E-state index contributed by atoms with van der Waals surface area (Å²) in [4.78, 5) is 8.02. The van der Waals surface area contributed by atoms with Crippen LogP contribution in [0.25, 0.3) is 0 Å². The van der Waals surface area contributed by atoms with Gasteiger partial charge in [0.2, 0.25) is 0 Å². The minimum atomic E-state index is -0.776. The Balaban J connectivity index is 3.05. The van der Waals surface area contributed by atoms with Gasteiger partial charge in [0.05, 0.1) is 18.8 Å². The van der Waals surface area contributed by atoms with Gasteiger partial charge in [0.25, 0.3) is 0 Å². The summed E-state index contributed by atoms with van der Waals surface area (Å²) in [5.74, 6) is 0.567. The Bertz CT molecular complexity index is 361. The summed E-state index contributed by atoms with van der Waals surface area (Å²) in [6.07, 6.45) is 2.61. The molecular formula is C11H18ClN3O2. The van der Waals surface area contributed by atoms with Crippen LogP contribution in [-0.2, 0) is 6.42 Å². The van der Waals surface area contributed by atoms with E-state index in [2.05, 4.69) is 15.3 Å². The van der Waals surface area contributed by atoms with E-state index in [0.717, 1.165) is 5.56 Å². The first-order valence-corrected chi connectivity index (χ1v) is 5.99. The average molecular weight is 260 g/mol. The number of rotatable bonds is 6. The van der Waals surface area contributed by atoms with Crippen LogP contribution >= 0.6 is 11.6 Å². The van der Waals surface area contributed by atoms with Gasteiger partial charge in [-0.05, 0) is 12.8 Å². The molecule has 1 aromatic rings. The molecule has 1 aromatic heterocycles. The maximum atomic E-state index is 9.37. The molecule has 0 atom stereocenters. The Morgan fingerprint density at radius 3 is 2.41 bits per heavy atom. The molecule has 5 nitrogen and oxygen atoms in total. The summed E-state index contributed by atoms with van der Waals surface area (Å²) in [5.41, 5.74) is 0.00982. The van der Waals surface area contributed by atoms with Gasteiger partial charge < -0.3 is 15.5 Å². The van der Waals surface area contributed by atoms with Crippen molar-refractivity contribution < 1.29 is 10.2 Å². The SMILES string of the molecule is CCc1c(Cl)ncnc1NC(CC)(CO)CO. The molecule has 0 unspecified atom stereocenters. The molecule has 0 spiro atoms. The predicted molar refractivity (Wildman–Crippen MR) is 67.2 cm³/mol. The quantitative estimate of drug-likeness (QED) is 0.670. The van der Waals surface area contributed by atoms with Gasteiger partial charge in [0, 0.05) is 5.56 Å². The fourth-order valence-corrected chi connectivity index (χ4v) is 1.77. The molecule has 6 heteroatoms. The Hall–Kier alpha value is -0.910. The Morgan fingerprint density at radius 1 is 1.29 bits per heavy atom. The van der Waals surface area contributed by atoms with Crippen molar-refractivity contribution >= 4 is 17.4 Å². The van der Waals surface area contributed by atoms with Gasteiger partial charge in [-0.25, -0.2) is 9.97 Å². The number of aliphatic hydroxyl groups is 2. The molecular weight excluding hydrogens is 242 g/mol. The summed E-state index contributed by atoms with van der Waals surface area (Å²) >= 11 is 5.97. The molecule has 1 rings (SSSR count). The topological polar surface area (TPSA) is 78.3 Å². The highest BCUT2D eigenvalue weighted by atomic mass is 35.5. The third kappa shape index (κ3) is 3.06. The fraction of sp³-hybridized carbons (Fsp3) is 0.636. The smallest absolute Gasteiger partial charge is 0.137 e. The molecule has 0 aliphatic rings. The normalized spacial score (nSPS) is 11.6. The van der Waals surface area contributed by atoms with Crippen LogP contribution in [0.5, 0.6) is 0 Å². The van der Waals surface area contributed by atoms with Crippen LogP contribution < -0.4 is 5.32 Å². The minimum absolute atomic E-state index is 0.176. The second kappa shape index (κ2) is 6.14. The maximum absolute atomic E-state index is 9.37. The number of hydrogen-bond acceptors (Lipinski definition) is 5. The van der Waals surface area contributed by atoms with Crippen LogP contribution in [0.4, 0.5) is 5.82 Å². The van der Waals surface area contributed by atoms with Gasteiger partial charge in [-0.3, -0.25) is 0 Å². The van der Waals surface area contributed by atoms with E-state index >= 15 is 0 Å². The van der Waals surface area contributed by atoms with Gasteiger partial charge in [0.1, 0.15) is 17.3 Å². The largest absolute Gasteiger partial charge is 0.394 e. The molecule has 0 bridgehead atoms. The zero-order valence-electron chi connectivity index (χ0n) is 10.1. The number of hydrogen-bond donors (Lipinski definition) is 3. The number of anilines is 1. The van der Waals surface area contributed by atoms with E-state index < -0.39 is 5.54 Å². The molecule has 17 heavy (non-hydrogen) atoms. The third-order valence-electron chi connectivity index (χ3n) is 2.91. The first-order valence-electron chi connectivity index (χ1n) is 5.61. The molecule has 0 radical (unpaired) electrons. The van der Waals surface area contributed by atoms with Crippen molar-refractivity contribution in [2.75, 3.05) is 18.5 Å². The van der Waals surface area contributed by atoms with Gasteiger partial charge in [-0.1, -0.05) is 25.4 Å². The number of nitrogens with one attached hydrogen (secondary N) is 1. The summed E-state index contributed by atoms with van der Waals surface area (Å²) in [5, 5.41) is 22.2. The molecule has 0 aliphatic carbocycles. The standard InChI is InChI=1S/C11H18ClN3O2/c1-3-8-9(12)13-7-14-10(8)15-11(4-2,5-16)6-17/h7,16-17H,3-6H2,1-2H3,(H,13,14,15). The number of nitrogens with zero attached hydrogens (tertiary/aromatic N) is 2. The van der Waals surface area contributed by atoms with Crippen molar-refractivity contribution in [3.63, 3.8) is 0 Å². The Labute approximate surface area is 106 Å². The van der Waals surface area contributed by atoms with Crippen LogP contribution in [0.3, 0.4) is 0 Å².